The standard InChI is InChI=1S/C23H35N7O7/c1-13(19(33)29-16(22(36)37)8-5-11-27-23(25)26)28-21(35)17(12-14-6-3-2-4-7-14)30-20(34)15(24)9-10-18(31)32/h2-4,6-7,13,15-17H,5,8-12,24H2,1H3,(H,28,35)(H,29,33)(H,30,34)(H,31,32)(H,36,37)(H4,25,26,27). The maximum Gasteiger partial charge on any atom is 0.326 e. The van der Waals surface area contributed by atoms with Crippen molar-refractivity contribution in [3.05, 3.63) is 35.9 Å². The largest absolute Gasteiger partial charge is 0.481 e. The van der Waals surface area contributed by atoms with Gasteiger partial charge in [0.1, 0.15) is 18.1 Å². The molecule has 0 aliphatic carbocycles. The molecule has 0 bridgehead atoms. The van der Waals surface area contributed by atoms with E-state index in [4.69, 9.17) is 22.3 Å². The van der Waals surface area contributed by atoms with E-state index >= 15 is 0 Å². The summed E-state index contributed by atoms with van der Waals surface area (Å²) in [6, 6.07) is 4.12. The number of benzene rings is 1. The van der Waals surface area contributed by atoms with Gasteiger partial charge in [-0.3, -0.25) is 24.2 Å². The van der Waals surface area contributed by atoms with Crippen LogP contribution in [0.15, 0.2) is 35.3 Å². The molecule has 14 heteroatoms. The average Bonchev–Trinajstić information content (AvgIpc) is 2.83. The van der Waals surface area contributed by atoms with Gasteiger partial charge in [-0.05, 0) is 31.7 Å². The average molecular weight is 522 g/mol. The van der Waals surface area contributed by atoms with Crippen molar-refractivity contribution in [1.82, 2.24) is 16.0 Å². The molecule has 4 unspecified atom stereocenters. The highest BCUT2D eigenvalue weighted by molar-refractivity contribution is 5.94. The van der Waals surface area contributed by atoms with E-state index < -0.39 is 53.8 Å². The number of nitrogens with zero attached hydrogens (tertiary/aromatic N) is 1. The van der Waals surface area contributed by atoms with Crippen LogP contribution >= 0.6 is 0 Å². The van der Waals surface area contributed by atoms with Gasteiger partial charge in [0.05, 0.1) is 6.04 Å². The number of carbonyl (C=O) groups excluding carboxylic acids is 3. The Kier molecular flexibility index (Phi) is 13.1. The Morgan fingerprint density at radius 2 is 1.51 bits per heavy atom. The molecule has 4 atom stereocenters. The van der Waals surface area contributed by atoms with Gasteiger partial charge in [-0.25, -0.2) is 4.79 Å². The summed E-state index contributed by atoms with van der Waals surface area (Å²) in [6.45, 7) is 1.55. The van der Waals surface area contributed by atoms with Gasteiger partial charge in [-0.2, -0.15) is 0 Å². The molecule has 0 heterocycles. The lowest BCUT2D eigenvalue weighted by molar-refractivity contribution is -0.142. The first-order chi connectivity index (χ1) is 17.4. The minimum absolute atomic E-state index is 0.0550. The topological polar surface area (TPSA) is 252 Å². The highest BCUT2D eigenvalue weighted by atomic mass is 16.4. The summed E-state index contributed by atoms with van der Waals surface area (Å²) >= 11 is 0. The maximum atomic E-state index is 13.0. The quantitative estimate of drug-likeness (QED) is 0.0676. The van der Waals surface area contributed by atoms with Gasteiger partial charge in [0.25, 0.3) is 0 Å². The van der Waals surface area contributed by atoms with E-state index in [0.29, 0.717) is 12.0 Å². The zero-order valence-electron chi connectivity index (χ0n) is 20.6. The fraction of sp³-hybridized carbons (Fsp3) is 0.478. The molecule has 37 heavy (non-hydrogen) atoms. The fourth-order valence-electron chi connectivity index (χ4n) is 3.19. The first-order valence-corrected chi connectivity index (χ1v) is 11.6. The van der Waals surface area contributed by atoms with E-state index in [1.807, 2.05) is 0 Å². The van der Waals surface area contributed by atoms with Crippen LogP contribution in [0.5, 0.6) is 0 Å². The van der Waals surface area contributed by atoms with Crippen LogP contribution in [0, 0.1) is 0 Å². The van der Waals surface area contributed by atoms with E-state index in [1.165, 1.54) is 6.92 Å². The predicted octanol–water partition coefficient (Wildman–Crippen LogP) is -1.97. The summed E-state index contributed by atoms with van der Waals surface area (Å²) in [5.41, 5.74) is 16.9. The second-order valence-corrected chi connectivity index (χ2v) is 8.37. The minimum Gasteiger partial charge on any atom is -0.481 e. The van der Waals surface area contributed by atoms with Crippen molar-refractivity contribution in [2.75, 3.05) is 6.54 Å². The maximum absolute atomic E-state index is 13.0. The number of guanidine groups is 1. The number of carboxylic acid groups (broad SMARTS) is 2. The SMILES string of the molecule is CC(NC(=O)C(Cc1ccccc1)NC(=O)C(N)CCC(=O)O)C(=O)NC(CCCN=C(N)N)C(=O)O. The van der Waals surface area contributed by atoms with E-state index in [-0.39, 0.29) is 38.2 Å². The highest BCUT2D eigenvalue weighted by Gasteiger charge is 2.28. The second-order valence-electron chi connectivity index (χ2n) is 8.37. The van der Waals surface area contributed by atoms with Crippen molar-refractivity contribution in [3.63, 3.8) is 0 Å². The van der Waals surface area contributed by atoms with Crippen molar-refractivity contribution in [2.45, 2.75) is 63.2 Å². The van der Waals surface area contributed by atoms with Crippen LogP contribution in [-0.2, 0) is 30.4 Å². The number of hydrogen-bond donors (Lipinski definition) is 8. The van der Waals surface area contributed by atoms with Gasteiger partial charge in [0.15, 0.2) is 5.96 Å². The third-order valence-electron chi connectivity index (χ3n) is 5.23. The third-order valence-corrected chi connectivity index (χ3v) is 5.23. The first kappa shape index (κ1) is 30.8. The Morgan fingerprint density at radius 3 is 2.08 bits per heavy atom. The Morgan fingerprint density at radius 1 is 0.892 bits per heavy atom. The van der Waals surface area contributed by atoms with Gasteiger partial charge in [-0.1, -0.05) is 30.3 Å². The van der Waals surface area contributed by atoms with Crippen molar-refractivity contribution in [1.29, 1.82) is 0 Å². The summed E-state index contributed by atoms with van der Waals surface area (Å²) in [4.78, 5) is 64.1. The molecule has 3 amide bonds. The van der Waals surface area contributed by atoms with Crippen LogP contribution in [0.25, 0.3) is 0 Å². The monoisotopic (exact) mass is 521 g/mol. The van der Waals surface area contributed by atoms with E-state index in [9.17, 15) is 29.1 Å². The normalized spacial score (nSPS) is 13.8. The molecule has 0 saturated carbocycles. The number of carbonyl (C=O) groups is 5. The van der Waals surface area contributed by atoms with Crippen molar-refractivity contribution in [2.24, 2.45) is 22.2 Å². The molecule has 0 radical (unpaired) electrons. The molecule has 204 valence electrons. The Hall–Kier alpha value is -4.20. The van der Waals surface area contributed by atoms with Crippen LogP contribution in [0.1, 0.15) is 38.2 Å². The van der Waals surface area contributed by atoms with Gasteiger partial charge in [-0.15, -0.1) is 0 Å². The number of nitrogens with two attached hydrogens (primary N) is 3. The molecule has 1 rings (SSSR count). The summed E-state index contributed by atoms with van der Waals surface area (Å²) in [5, 5.41) is 25.5. The Labute approximate surface area is 214 Å². The number of nitrogens with one attached hydrogen (secondary N) is 3. The molecule has 1 aromatic carbocycles. The van der Waals surface area contributed by atoms with Gasteiger partial charge >= 0.3 is 11.9 Å². The number of aliphatic carboxylic acids is 2. The molecule has 0 fully saturated rings. The molecule has 0 aliphatic heterocycles. The second kappa shape index (κ2) is 15.7. The molecule has 11 N–H and O–H groups in total. The molecule has 0 saturated heterocycles. The third kappa shape index (κ3) is 12.4. The lowest BCUT2D eigenvalue weighted by Crippen LogP contribution is -2.56. The van der Waals surface area contributed by atoms with E-state index in [2.05, 4.69) is 20.9 Å². The number of aliphatic imine (C=N–C) groups is 1. The zero-order chi connectivity index (χ0) is 28.0. The number of hydrogen-bond acceptors (Lipinski definition) is 7. The molecule has 0 aliphatic rings. The van der Waals surface area contributed by atoms with Crippen LogP contribution in [0.3, 0.4) is 0 Å². The van der Waals surface area contributed by atoms with Crippen LogP contribution in [-0.4, -0.2) is 76.5 Å². The summed E-state index contributed by atoms with van der Waals surface area (Å²) in [5.74, 6) is -4.68. The molecule has 1 aromatic rings. The van der Waals surface area contributed by atoms with Crippen molar-refractivity contribution >= 4 is 35.6 Å². The minimum atomic E-state index is -1.26. The lowest BCUT2D eigenvalue weighted by atomic mass is 10.0. The van der Waals surface area contributed by atoms with Crippen molar-refractivity contribution < 1.29 is 34.2 Å². The lowest BCUT2D eigenvalue weighted by Gasteiger charge is -2.23. The molecule has 0 spiro atoms. The summed E-state index contributed by atoms with van der Waals surface area (Å²) in [6.07, 6.45) is -0.0267. The fourth-order valence-corrected chi connectivity index (χ4v) is 3.19. The van der Waals surface area contributed by atoms with Crippen LogP contribution < -0.4 is 33.2 Å². The molecule has 0 aromatic heterocycles. The predicted molar refractivity (Wildman–Crippen MR) is 134 cm³/mol. The van der Waals surface area contributed by atoms with Gasteiger partial charge in [0, 0.05) is 19.4 Å². The smallest absolute Gasteiger partial charge is 0.326 e. The highest BCUT2D eigenvalue weighted by Crippen LogP contribution is 2.06. The van der Waals surface area contributed by atoms with Crippen LogP contribution in [0.2, 0.25) is 0 Å². The Bertz CT molecular complexity index is 967. The van der Waals surface area contributed by atoms with Gasteiger partial charge < -0.3 is 43.4 Å². The van der Waals surface area contributed by atoms with Crippen molar-refractivity contribution in [3.8, 4) is 0 Å². The molecular formula is C23H35N7O7. The Balaban J connectivity index is 2.84. The molecule has 14 nitrogen and oxygen atoms in total. The molecular weight excluding hydrogens is 486 g/mol. The summed E-state index contributed by atoms with van der Waals surface area (Å²) < 4.78 is 0. The number of rotatable bonds is 16. The van der Waals surface area contributed by atoms with Crippen LogP contribution in [0.4, 0.5) is 0 Å². The first-order valence-electron chi connectivity index (χ1n) is 11.6. The van der Waals surface area contributed by atoms with Gasteiger partial charge in [0.2, 0.25) is 17.7 Å². The van der Waals surface area contributed by atoms with E-state index in [1.54, 1.807) is 30.3 Å². The zero-order valence-corrected chi connectivity index (χ0v) is 20.6. The number of amides is 3. The number of carboxylic acids is 2. The van der Waals surface area contributed by atoms with E-state index in [0.717, 1.165) is 0 Å². The summed E-state index contributed by atoms with van der Waals surface area (Å²) in [7, 11) is 0.